The molecule has 0 unspecified atom stereocenters. The van der Waals surface area contributed by atoms with Crippen LogP contribution in [0.5, 0.6) is 0 Å². The van der Waals surface area contributed by atoms with E-state index in [1.807, 2.05) is 12.5 Å². The molecule has 0 bridgehead atoms. The van der Waals surface area contributed by atoms with Gasteiger partial charge < -0.3 is 14.0 Å². The van der Waals surface area contributed by atoms with E-state index in [9.17, 15) is 0 Å². The largest absolute Gasteiger partial charge is 0.379 e. The molecule has 6 heteroatoms. The molecular weight excluding hydrogens is 268 g/mol. The standard InChI is InChI=1S/C15H26N4O2/c1-17-13-16-9-14(17)10-19-3-2-6-21-15(12-19)11-18-4-7-20-8-5-18/h9,13,15H,2-8,10-12H2,1H3/t15-/m0/s1. The topological polar surface area (TPSA) is 42.8 Å². The second-order valence-electron chi connectivity index (χ2n) is 5.99. The average molecular weight is 294 g/mol. The van der Waals surface area contributed by atoms with E-state index in [4.69, 9.17) is 9.47 Å². The molecule has 0 N–H and O–H groups in total. The van der Waals surface area contributed by atoms with E-state index in [1.54, 1.807) is 0 Å². The zero-order chi connectivity index (χ0) is 14.5. The number of aromatic nitrogens is 2. The molecule has 2 aliphatic rings. The van der Waals surface area contributed by atoms with E-state index < -0.39 is 0 Å². The van der Waals surface area contributed by atoms with Gasteiger partial charge in [0.2, 0.25) is 0 Å². The lowest BCUT2D eigenvalue weighted by Crippen LogP contribution is -2.44. The van der Waals surface area contributed by atoms with Crippen molar-refractivity contribution in [2.45, 2.75) is 19.1 Å². The van der Waals surface area contributed by atoms with Crippen molar-refractivity contribution in [2.75, 3.05) is 52.5 Å². The van der Waals surface area contributed by atoms with E-state index in [0.29, 0.717) is 6.10 Å². The Kier molecular flexibility index (Phi) is 5.24. The van der Waals surface area contributed by atoms with Gasteiger partial charge in [0.05, 0.1) is 31.3 Å². The van der Waals surface area contributed by atoms with Gasteiger partial charge in [0.1, 0.15) is 0 Å². The number of ether oxygens (including phenoxy) is 2. The van der Waals surface area contributed by atoms with Crippen LogP contribution in [0.4, 0.5) is 0 Å². The second kappa shape index (κ2) is 7.35. The highest BCUT2D eigenvalue weighted by Crippen LogP contribution is 2.12. The van der Waals surface area contributed by atoms with Crippen molar-refractivity contribution in [2.24, 2.45) is 7.05 Å². The van der Waals surface area contributed by atoms with Crippen molar-refractivity contribution in [3.8, 4) is 0 Å². The third-order valence-corrected chi connectivity index (χ3v) is 4.30. The fourth-order valence-corrected chi connectivity index (χ4v) is 3.06. The van der Waals surface area contributed by atoms with E-state index in [-0.39, 0.29) is 0 Å². The normalized spacial score (nSPS) is 25.9. The van der Waals surface area contributed by atoms with Crippen LogP contribution in [0.15, 0.2) is 12.5 Å². The van der Waals surface area contributed by atoms with E-state index in [2.05, 4.69) is 26.4 Å². The van der Waals surface area contributed by atoms with Gasteiger partial charge in [-0.3, -0.25) is 9.80 Å². The fraction of sp³-hybridized carbons (Fsp3) is 0.800. The van der Waals surface area contributed by atoms with Gasteiger partial charge in [-0.1, -0.05) is 0 Å². The minimum Gasteiger partial charge on any atom is -0.379 e. The van der Waals surface area contributed by atoms with Gasteiger partial charge in [0.15, 0.2) is 0 Å². The maximum atomic E-state index is 6.04. The smallest absolute Gasteiger partial charge is 0.0945 e. The van der Waals surface area contributed by atoms with Crippen LogP contribution in [-0.4, -0.2) is 78.0 Å². The van der Waals surface area contributed by atoms with Gasteiger partial charge in [-0.05, 0) is 6.42 Å². The van der Waals surface area contributed by atoms with Crippen molar-refractivity contribution in [1.82, 2.24) is 19.4 Å². The molecule has 6 nitrogen and oxygen atoms in total. The molecule has 1 aromatic heterocycles. The number of nitrogens with zero attached hydrogens (tertiary/aromatic N) is 4. The molecule has 1 aromatic rings. The summed E-state index contributed by atoms with van der Waals surface area (Å²) in [6.07, 6.45) is 5.24. The quantitative estimate of drug-likeness (QED) is 0.801. The SMILES string of the molecule is Cn1cncc1CN1CCCO[C@@H](CN2CCOCC2)C1. The Bertz CT molecular complexity index is 431. The van der Waals surface area contributed by atoms with Crippen molar-refractivity contribution < 1.29 is 9.47 Å². The number of aryl methyl sites for hydroxylation is 1. The van der Waals surface area contributed by atoms with E-state index >= 15 is 0 Å². The minimum atomic E-state index is 0.304. The molecule has 0 aliphatic carbocycles. The lowest BCUT2D eigenvalue weighted by Gasteiger charge is -2.31. The summed E-state index contributed by atoms with van der Waals surface area (Å²) >= 11 is 0. The van der Waals surface area contributed by atoms with Crippen molar-refractivity contribution in [1.29, 1.82) is 0 Å². The minimum absolute atomic E-state index is 0.304. The third-order valence-electron chi connectivity index (χ3n) is 4.30. The first-order chi connectivity index (χ1) is 10.3. The number of morpholine rings is 1. The number of hydrogen-bond acceptors (Lipinski definition) is 5. The molecule has 2 fully saturated rings. The van der Waals surface area contributed by atoms with Crippen LogP contribution in [-0.2, 0) is 23.1 Å². The van der Waals surface area contributed by atoms with E-state index in [1.165, 1.54) is 5.69 Å². The highest BCUT2D eigenvalue weighted by molar-refractivity contribution is 4.97. The summed E-state index contributed by atoms with van der Waals surface area (Å²) in [4.78, 5) is 9.16. The van der Waals surface area contributed by atoms with Crippen LogP contribution in [0.1, 0.15) is 12.1 Å². The summed E-state index contributed by atoms with van der Waals surface area (Å²) in [6.45, 7) is 8.72. The van der Waals surface area contributed by atoms with Gasteiger partial charge >= 0.3 is 0 Å². The maximum absolute atomic E-state index is 6.04. The maximum Gasteiger partial charge on any atom is 0.0945 e. The molecule has 0 saturated carbocycles. The Hall–Kier alpha value is -0.950. The Morgan fingerprint density at radius 1 is 1.19 bits per heavy atom. The molecular formula is C15H26N4O2. The monoisotopic (exact) mass is 294 g/mol. The number of rotatable bonds is 4. The third kappa shape index (κ3) is 4.26. The highest BCUT2D eigenvalue weighted by atomic mass is 16.5. The molecule has 0 amide bonds. The number of hydrogen-bond donors (Lipinski definition) is 0. The summed E-state index contributed by atoms with van der Waals surface area (Å²) in [5.74, 6) is 0. The van der Waals surface area contributed by atoms with Gasteiger partial charge in [0.25, 0.3) is 0 Å². The molecule has 0 aromatic carbocycles. The van der Waals surface area contributed by atoms with Gasteiger partial charge in [-0.15, -0.1) is 0 Å². The molecule has 21 heavy (non-hydrogen) atoms. The molecule has 0 radical (unpaired) electrons. The molecule has 3 heterocycles. The summed E-state index contributed by atoms with van der Waals surface area (Å²) in [6, 6.07) is 0. The first-order valence-corrected chi connectivity index (χ1v) is 7.90. The van der Waals surface area contributed by atoms with Gasteiger partial charge in [0, 0.05) is 59.1 Å². The summed E-state index contributed by atoms with van der Waals surface area (Å²) in [7, 11) is 2.06. The molecule has 1 atom stereocenters. The van der Waals surface area contributed by atoms with Crippen LogP contribution < -0.4 is 0 Å². The first kappa shape index (κ1) is 15.0. The summed E-state index contributed by atoms with van der Waals surface area (Å²) < 4.78 is 13.6. The predicted octanol–water partition coefficient (Wildman–Crippen LogP) is 0.343. The van der Waals surface area contributed by atoms with Crippen LogP contribution in [0.25, 0.3) is 0 Å². The molecule has 0 spiro atoms. The zero-order valence-corrected chi connectivity index (χ0v) is 12.9. The van der Waals surface area contributed by atoms with Crippen LogP contribution in [0.3, 0.4) is 0 Å². The molecule has 2 aliphatic heterocycles. The van der Waals surface area contributed by atoms with Crippen molar-refractivity contribution in [3.63, 3.8) is 0 Å². The lowest BCUT2D eigenvalue weighted by molar-refractivity contribution is -0.0123. The Balaban J connectivity index is 1.54. The van der Waals surface area contributed by atoms with Gasteiger partial charge in [-0.2, -0.15) is 0 Å². The second-order valence-corrected chi connectivity index (χ2v) is 5.99. The van der Waals surface area contributed by atoms with Crippen LogP contribution in [0.2, 0.25) is 0 Å². The van der Waals surface area contributed by atoms with Crippen LogP contribution in [0, 0.1) is 0 Å². The Morgan fingerprint density at radius 2 is 2.05 bits per heavy atom. The first-order valence-electron chi connectivity index (χ1n) is 7.90. The van der Waals surface area contributed by atoms with Crippen molar-refractivity contribution in [3.05, 3.63) is 18.2 Å². The summed E-state index contributed by atoms with van der Waals surface area (Å²) in [5.41, 5.74) is 1.27. The lowest BCUT2D eigenvalue weighted by atomic mass is 10.2. The zero-order valence-electron chi connectivity index (χ0n) is 12.9. The van der Waals surface area contributed by atoms with E-state index in [0.717, 1.165) is 65.5 Å². The highest BCUT2D eigenvalue weighted by Gasteiger charge is 2.22. The molecule has 118 valence electrons. The van der Waals surface area contributed by atoms with Gasteiger partial charge in [-0.25, -0.2) is 4.98 Å². The average Bonchev–Trinajstić information content (AvgIpc) is 2.76. The van der Waals surface area contributed by atoms with Crippen LogP contribution >= 0.6 is 0 Å². The predicted molar refractivity (Wildman–Crippen MR) is 80.1 cm³/mol. The Morgan fingerprint density at radius 3 is 2.81 bits per heavy atom. The van der Waals surface area contributed by atoms with Crippen molar-refractivity contribution >= 4 is 0 Å². The molecule has 2 saturated heterocycles. The number of imidazole rings is 1. The fourth-order valence-electron chi connectivity index (χ4n) is 3.06. The summed E-state index contributed by atoms with van der Waals surface area (Å²) in [5, 5.41) is 0. The molecule has 3 rings (SSSR count). The Labute approximate surface area is 126 Å².